The van der Waals surface area contributed by atoms with E-state index in [4.69, 9.17) is 4.74 Å². The predicted molar refractivity (Wildman–Crippen MR) is 113 cm³/mol. The molecule has 3 rings (SSSR count). The molecule has 0 spiro atoms. The molecule has 2 aromatic carbocycles. The summed E-state index contributed by atoms with van der Waals surface area (Å²) in [6, 6.07) is 10.6. The van der Waals surface area contributed by atoms with Crippen LogP contribution in [-0.2, 0) is 21.1 Å². The summed E-state index contributed by atoms with van der Waals surface area (Å²) in [5.74, 6) is -0.288. The molecule has 0 unspecified atom stereocenters. The van der Waals surface area contributed by atoms with Crippen LogP contribution >= 0.6 is 0 Å². The third-order valence-electron chi connectivity index (χ3n) is 5.39. The second kappa shape index (κ2) is 10.5. The Labute approximate surface area is 189 Å². The van der Waals surface area contributed by atoms with Crippen LogP contribution in [0.5, 0.6) is 5.75 Å². The van der Waals surface area contributed by atoms with Crippen LogP contribution in [-0.4, -0.2) is 69.0 Å². The topological polar surface area (TPSA) is 66.9 Å². The smallest absolute Gasteiger partial charge is 0.489 e. The fourth-order valence-electron chi connectivity index (χ4n) is 3.45. The van der Waals surface area contributed by atoms with E-state index in [1.807, 2.05) is 0 Å². The third-order valence-corrected chi connectivity index (χ3v) is 6.89. The SMILES string of the molecule is O=C(CCc1ccc(S(=O)(=O)C(F)(F)F)cc1)N1CCN(CCOc2ccccc2F)CC1. The van der Waals surface area contributed by atoms with Gasteiger partial charge >= 0.3 is 5.51 Å². The van der Waals surface area contributed by atoms with E-state index in [0.29, 0.717) is 51.3 Å². The van der Waals surface area contributed by atoms with Crippen molar-refractivity contribution in [3.05, 3.63) is 59.9 Å². The molecule has 1 aliphatic heterocycles. The van der Waals surface area contributed by atoms with Crippen molar-refractivity contribution in [3.63, 3.8) is 0 Å². The minimum absolute atomic E-state index is 0.0794. The number of rotatable bonds is 8. The van der Waals surface area contributed by atoms with Crippen LogP contribution in [0.3, 0.4) is 0 Å². The van der Waals surface area contributed by atoms with Crippen molar-refractivity contribution in [2.75, 3.05) is 39.3 Å². The Bertz CT molecular complexity index is 1050. The monoisotopic (exact) mass is 488 g/mol. The third kappa shape index (κ3) is 6.44. The van der Waals surface area contributed by atoms with Crippen LogP contribution in [0.15, 0.2) is 53.4 Å². The molecule has 0 bridgehead atoms. The van der Waals surface area contributed by atoms with E-state index in [2.05, 4.69) is 4.90 Å². The molecule has 0 N–H and O–H groups in total. The van der Waals surface area contributed by atoms with Crippen LogP contribution < -0.4 is 4.74 Å². The lowest BCUT2D eigenvalue weighted by Gasteiger charge is -2.34. The molecule has 2 aromatic rings. The van der Waals surface area contributed by atoms with Crippen LogP contribution in [0.2, 0.25) is 0 Å². The van der Waals surface area contributed by atoms with Crippen molar-refractivity contribution in [2.24, 2.45) is 0 Å². The van der Waals surface area contributed by atoms with Gasteiger partial charge in [-0.25, -0.2) is 12.8 Å². The zero-order valence-electron chi connectivity index (χ0n) is 17.7. The highest BCUT2D eigenvalue weighted by Gasteiger charge is 2.46. The van der Waals surface area contributed by atoms with Gasteiger partial charge in [-0.2, -0.15) is 13.2 Å². The minimum atomic E-state index is -5.38. The first-order valence-electron chi connectivity index (χ1n) is 10.4. The first-order valence-corrected chi connectivity index (χ1v) is 11.8. The first kappa shape index (κ1) is 25.0. The molecule has 6 nitrogen and oxygen atoms in total. The number of benzene rings is 2. The summed E-state index contributed by atoms with van der Waals surface area (Å²) in [6.07, 6.45) is 0.462. The summed E-state index contributed by atoms with van der Waals surface area (Å²) < 4.78 is 79.6. The van der Waals surface area contributed by atoms with Gasteiger partial charge in [0.2, 0.25) is 5.91 Å². The second-order valence-electron chi connectivity index (χ2n) is 7.59. The average molecular weight is 489 g/mol. The van der Waals surface area contributed by atoms with E-state index in [9.17, 15) is 30.8 Å². The lowest BCUT2D eigenvalue weighted by Crippen LogP contribution is -2.49. The first-order chi connectivity index (χ1) is 15.6. The molecule has 33 heavy (non-hydrogen) atoms. The molecule has 11 heteroatoms. The molecule has 1 amide bonds. The molecule has 0 aromatic heterocycles. The molecular formula is C22H24F4N2O4S. The van der Waals surface area contributed by atoms with Crippen molar-refractivity contribution in [3.8, 4) is 5.75 Å². The number of piperazine rings is 1. The Hall–Kier alpha value is -2.66. The normalized spacial score (nSPS) is 15.5. The minimum Gasteiger partial charge on any atom is -0.489 e. The van der Waals surface area contributed by atoms with E-state index in [1.165, 1.54) is 18.2 Å². The van der Waals surface area contributed by atoms with E-state index in [-0.39, 0.29) is 18.1 Å². The Morgan fingerprint density at radius 2 is 1.61 bits per heavy atom. The number of nitrogens with zero attached hydrogens (tertiary/aromatic N) is 2. The average Bonchev–Trinajstić information content (AvgIpc) is 2.79. The number of hydrogen-bond acceptors (Lipinski definition) is 5. The Balaban J connectivity index is 1.40. The predicted octanol–water partition coefficient (Wildman–Crippen LogP) is 3.28. The summed E-state index contributed by atoms with van der Waals surface area (Å²) >= 11 is 0. The number of alkyl halides is 3. The van der Waals surface area contributed by atoms with Crippen molar-refractivity contribution < 1.29 is 35.5 Å². The van der Waals surface area contributed by atoms with Gasteiger partial charge in [0.1, 0.15) is 6.61 Å². The number of carbonyl (C=O) groups excluding carboxylic acids is 1. The van der Waals surface area contributed by atoms with Crippen LogP contribution in [0.1, 0.15) is 12.0 Å². The van der Waals surface area contributed by atoms with Crippen molar-refractivity contribution in [1.82, 2.24) is 9.80 Å². The molecule has 1 heterocycles. The molecule has 0 saturated carbocycles. The van der Waals surface area contributed by atoms with Gasteiger partial charge in [-0.1, -0.05) is 24.3 Å². The van der Waals surface area contributed by atoms with Gasteiger partial charge in [0.05, 0.1) is 4.90 Å². The van der Waals surface area contributed by atoms with Crippen molar-refractivity contribution >= 4 is 15.7 Å². The summed E-state index contributed by atoms with van der Waals surface area (Å²) in [5, 5.41) is 0. The highest BCUT2D eigenvalue weighted by Crippen LogP contribution is 2.30. The highest BCUT2D eigenvalue weighted by atomic mass is 32.2. The second-order valence-corrected chi connectivity index (χ2v) is 9.54. The number of ether oxygens (including phenoxy) is 1. The lowest BCUT2D eigenvalue weighted by atomic mass is 10.1. The maximum atomic E-state index is 13.6. The van der Waals surface area contributed by atoms with Gasteiger partial charge in [0.15, 0.2) is 11.6 Å². The fourth-order valence-corrected chi connectivity index (χ4v) is 4.21. The Morgan fingerprint density at radius 3 is 2.21 bits per heavy atom. The molecule has 0 atom stereocenters. The molecule has 0 aliphatic carbocycles. The van der Waals surface area contributed by atoms with E-state index in [1.54, 1.807) is 23.1 Å². The number of aryl methyl sites for hydroxylation is 1. The van der Waals surface area contributed by atoms with Crippen molar-refractivity contribution in [1.29, 1.82) is 0 Å². The number of hydrogen-bond donors (Lipinski definition) is 0. The number of sulfone groups is 1. The van der Waals surface area contributed by atoms with Crippen LogP contribution in [0, 0.1) is 5.82 Å². The molecule has 1 saturated heterocycles. The maximum Gasteiger partial charge on any atom is 0.501 e. The van der Waals surface area contributed by atoms with Crippen LogP contribution in [0.25, 0.3) is 0 Å². The molecule has 180 valence electrons. The highest BCUT2D eigenvalue weighted by molar-refractivity contribution is 7.92. The largest absolute Gasteiger partial charge is 0.501 e. The Kier molecular flexibility index (Phi) is 7.96. The quantitative estimate of drug-likeness (QED) is 0.534. The molecular weight excluding hydrogens is 464 g/mol. The van der Waals surface area contributed by atoms with E-state index < -0.39 is 26.1 Å². The lowest BCUT2D eigenvalue weighted by molar-refractivity contribution is -0.132. The van der Waals surface area contributed by atoms with Gasteiger partial charge in [-0.3, -0.25) is 9.69 Å². The zero-order chi connectivity index (χ0) is 24.1. The molecule has 1 fully saturated rings. The summed E-state index contributed by atoms with van der Waals surface area (Å²) in [6.45, 7) is 3.29. The number of carbonyl (C=O) groups is 1. The molecule has 0 radical (unpaired) electrons. The Morgan fingerprint density at radius 1 is 0.970 bits per heavy atom. The van der Waals surface area contributed by atoms with Gasteiger partial charge in [-0.15, -0.1) is 0 Å². The maximum absolute atomic E-state index is 13.6. The number of halogens is 4. The number of amides is 1. The standard InChI is InChI=1S/C22H24F4N2O4S/c23-19-3-1-2-4-20(19)32-16-15-27-11-13-28(14-12-27)21(29)10-7-17-5-8-18(9-6-17)33(30,31)22(24,25)26/h1-6,8-9H,7,10-16H2. The molecule has 1 aliphatic rings. The zero-order valence-corrected chi connectivity index (χ0v) is 18.5. The summed E-state index contributed by atoms with van der Waals surface area (Å²) in [4.78, 5) is 15.5. The van der Waals surface area contributed by atoms with Gasteiger partial charge in [0.25, 0.3) is 9.84 Å². The van der Waals surface area contributed by atoms with Gasteiger partial charge < -0.3 is 9.64 Å². The summed E-state index contributed by atoms with van der Waals surface area (Å²) in [7, 11) is -5.38. The van der Waals surface area contributed by atoms with Crippen LogP contribution in [0.4, 0.5) is 17.6 Å². The fraction of sp³-hybridized carbons (Fsp3) is 0.409. The van der Waals surface area contributed by atoms with Crippen molar-refractivity contribution in [2.45, 2.75) is 23.2 Å². The summed E-state index contributed by atoms with van der Waals surface area (Å²) in [5.41, 5.74) is -4.77. The van der Waals surface area contributed by atoms with E-state index >= 15 is 0 Å². The number of para-hydroxylation sites is 1. The van der Waals surface area contributed by atoms with Gasteiger partial charge in [-0.05, 0) is 36.2 Å². The van der Waals surface area contributed by atoms with E-state index in [0.717, 1.165) is 12.1 Å². The van der Waals surface area contributed by atoms with Gasteiger partial charge in [0, 0.05) is 39.1 Å².